The van der Waals surface area contributed by atoms with Crippen LogP contribution in [-0.4, -0.2) is 19.1 Å². The molecule has 10 rings (SSSR count). The molecule has 1 aliphatic rings. The maximum Gasteiger partial charge on any atom is 0.235 e. The van der Waals surface area contributed by atoms with E-state index >= 15 is 0 Å². The fourth-order valence-corrected chi connectivity index (χ4v) is 7.85. The summed E-state index contributed by atoms with van der Waals surface area (Å²) in [5, 5.41) is 3.53. The smallest absolute Gasteiger partial charge is 0.235 e. The summed E-state index contributed by atoms with van der Waals surface area (Å²) in [5.74, 6) is 0.679. The van der Waals surface area contributed by atoms with Crippen molar-refractivity contribution >= 4 is 38.8 Å². The van der Waals surface area contributed by atoms with E-state index in [1.165, 1.54) is 21.9 Å². The number of rotatable bonds is 5. The van der Waals surface area contributed by atoms with Crippen molar-refractivity contribution in [3.63, 3.8) is 0 Å². The third kappa shape index (κ3) is 4.68. The van der Waals surface area contributed by atoms with E-state index in [-0.39, 0.29) is 5.41 Å². The number of nitrogens with zero attached hydrogens (tertiary/aromatic N) is 4. The molecule has 3 aromatic heterocycles. The van der Waals surface area contributed by atoms with Crippen LogP contribution in [0.3, 0.4) is 0 Å². The first-order valence-electron chi connectivity index (χ1n) is 17.5. The molecule has 4 heteroatoms. The van der Waals surface area contributed by atoms with E-state index in [2.05, 4.69) is 193 Å². The van der Waals surface area contributed by atoms with Crippen molar-refractivity contribution in [3.05, 3.63) is 175 Å². The van der Waals surface area contributed by atoms with E-state index in [9.17, 15) is 0 Å². The van der Waals surface area contributed by atoms with Crippen LogP contribution in [-0.2, 0) is 5.41 Å². The van der Waals surface area contributed by atoms with Gasteiger partial charge in [0.25, 0.3) is 0 Å². The van der Waals surface area contributed by atoms with Gasteiger partial charge in [-0.2, -0.15) is 0 Å². The first-order valence-corrected chi connectivity index (χ1v) is 17.5. The topological polar surface area (TPSA) is 35.6 Å². The van der Waals surface area contributed by atoms with E-state index in [1.54, 1.807) is 0 Å². The summed E-state index contributed by atoms with van der Waals surface area (Å²) in [5.41, 5.74) is 13.0. The molecular formula is C47H34N4. The van der Waals surface area contributed by atoms with Crippen LogP contribution in [0.25, 0.3) is 83.9 Å². The summed E-state index contributed by atoms with van der Waals surface area (Å²) in [6, 6.07) is 54.0. The van der Waals surface area contributed by atoms with Crippen LogP contribution in [0.1, 0.15) is 25.1 Å². The second-order valence-electron chi connectivity index (χ2n) is 14.0. The molecule has 0 radical (unpaired) electrons. The summed E-state index contributed by atoms with van der Waals surface area (Å²) >= 11 is 0. The third-order valence-electron chi connectivity index (χ3n) is 10.4. The van der Waals surface area contributed by atoms with Crippen molar-refractivity contribution < 1.29 is 0 Å². The normalized spacial score (nSPS) is 13.4. The molecule has 3 heterocycles. The molecule has 242 valence electrons. The van der Waals surface area contributed by atoms with Crippen LogP contribution in [0.5, 0.6) is 0 Å². The van der Waals surface area contributed by atoms with Gasteiger partial charge in [0, 0.05) is 44.6 Å². The Labute approximate surface area is 296 Å². The summed E-state index contributed by atoms with van der Waals surface area (Å²) in [7, 11) is 0. The maximum absolute atomic E-state index is 5.56. The van der Waals surface area contributed by atoms with Gasteiger partial charge in [-0.05, 0) is 70.8 Å². The second-order valence-corrected chi connectivity index (χ2v) is 14.0. The Hall–Kier alpha value is -6.52. The molecule has 0 atom stereocenters. The second kappa shape index (κ2) is 11.3. The molecule has 0 unspecified atom stereocenters. The molecule has 0 amide bonds. The highest BCUT2D eigenvalue weighted by Gasteiger charge is 2.32. The van der Waals surface area contributed by atoms with Crippen LogP contribution < -0.4 is 0 Å². The van der Waals surface area contributed by atoms with E-state index < -0.39 is 0 Å². The van der Waals surface area contributed by atoms with Crippen molar-refractivity contribution in [2.45, 2.75) is 19.3 Å². The van der Waals surface area contributed by atoms with Gasteiger partial charge in [-0.15, -0.1) is 0 Å². The molecule has 6 aromatic carbocycles. The van der Waals surface area contributed by atoms with E-state index in [0.717, 1.165) is 61.3 Å². The Morgan fingerprint density at radius 1 is 0.510 bits per heavy atom. The van der Waals surface area contributed by atoms with Crippen molar-refractivity contribution in [1.82, 2.24) is 19.1 Å². The minimum atomic E-state index is -0.258. The summed E-state index contributed by atoms with van der Waals surface area (Å²) in [6.07, 6.45) is 6.66. The molecule has 0 fully saturated rings. The highest BCUT2D eigenvalue weighted by Crippen LogP contribution is 2.43. The molecule has 0 saturated carbocycles. The van der Waals surface area contributed by atoms with Gasteiger partial charge >= 0.3 is 0 Å². The van der Waals surface area contributed by atoms with Crippen molar-refractivity contribution in [3.8, 4) is 45.1 Å². The molecule has 51 heavy (non-hydrogen) atoms. The minimum absolute atomic E-state index is 0.258. The average molecular weight is 655 g/mol. The predicted octanol–water partition coefficient (Wildman–Crippen LogP) is 11.8. The van der Waals surface area contributed by atoms with Crippen molar-refractivity contribution in [2.75, 3.05) is 0 Å². The third-order valence-corrected chi connectivity index (χ3v) is 10.4. The quantitative estimate of drug-likeness (QED) is 0.185. The van der Waals surface area contributed by atoms with Crippen molar-refractivity contribution in [2.24, 2.45) is 0 Å². The molecule has 0 N–H and O–H groups in total. The molecule has 0 saturated heterocycles. The molecule has 9 aromatic rings. The van der Waals surface area contributed by atoms with Gasteiger partial charge in [-0.1, -0.05) is 129 Å². The maximum atomic E-state index is 5.56. The van der Waals surface area contributed by atoms with Crippen LogP contribution in [0.4, 0.5) is 0 Å². The number of para-hydroxylation sites is 2. The largest absolute Gasteiger partial charge is 0.316 e. The number of fused-ring (bicyclic) bond motifs is 6. The lowest BCUT2D eigenvalue weighted by Gasteiger charge is -2.20. The number of aromatic nitrogens is 4. The highest BCUT2D eigenvalue weighted by atomic mass is 15.2. The zero-order valence-corrected chi connectivity index (χ0v) is 28.5. The predicted molar refractivity (Wildman–Crippen MR) is 212 cm³/mol. The average Bonchev–Trinajstić information content (AvgIpc) is 3.86. The Bertz CT molecular complexity index is 2750. The van der Waals surface area contributed by atoms with E-state index in [0.29, 0.717) is 5.95 Å². The Balaban J connectivity index is 1.28. The summed E-state index contributed by atoms with van der Waals surface area (Å²) in [6.45, 7) is 4.49. The molecule has 4 nitrogen and oxygen atoms in total. The Morgan fingerprint density at radius 2 is 1.14 bits per heavy atom. The number of allylic oxidation sites excluding steroid dienone is 1. The lowest BCUT2D eigenvalue weighted by molar-refractivity contribution is 0.651. The van der Waals surface area contributed by atoms with Gasteiger partial charge in [0.15, 0.2) is 0 Å². The van der Waals surface area contributed by atoms with Gasteiger partial charge < -0.3 is 4.57 Å². The fourth-order valence-electron chi connectivity index (χ4n) is 7.85. The number of hydrogen-bond acceptors (Lipinski definition) is 2. The van der Waals surface area contributed by atoms with Gasteiger partial charge in [-0.25, -0.2) is 9.97 Å². The molecule has 0 bridgehead atoms. The van der Waals surface area contributed by atoms with Gasteiger partial charge in [0.05, 0.1) is 27.9 Å². The first kappa shape index (κ1) is 29.4. The highest BCUT2D eigenvalue weighted by molar-refractivity contribution is 6.18. The zero-order chi connectivity index (χ0) is 34.1. The molecule has 1 aliphatic carbocycles. The monoisotopic (exact) mass is 654 g/mol. The van der Waals surface area contributed by atoms with Gasteiger partial charge in [0.1, 0.15) is 0 Å². The van der Waals surface area contributed by atoms with Gasteiger partial charge in [0.2, 0.25) is 5.95 Å². The van der Waals surface area contributed by atoms with Crippen LogP contribution >= 0.6 is 0 Å². The first-order chi connectivity index (χ1) is 25.0. The van der Waals surface area contributed by atoms with E-state index in [1.807, 2.05) is 0 Å². The van der Waals surface area contributed by atoms with Gasteiger partial charge in [-0.3, -0.25) is 4.57 Å². The Morgan fingerprint density at radius 3 is 1.84 bits per heavy atom. The van der Waals surface area contributed by atoms with Crippen LogP contribution in [0.15, 0.2) is 164 Å². The van der Waals surface area contributed by atoms with Crippen LogP contribution in [0.2, 0.25) is 0 Å². The summed E-state index contributed by atoms with van der Waals surface area (Å²) < 4.78 is 4.55. The molecule has 0 spiro atoms. The lowest BCUT2D eigenvalue weighted by Crippen LogP contribution is -2.17. The zero-order valence-electron chi connectivity index (χ0n) is 28.5. The minimum Gasteiger partial charge on any atom is -0.316 e. The fraction of sp³-hybridized carbons (Fsp3) is 0.0638. The standard InChI is InChI=1S/C47H34N4/c1-47(2)26-24-40-43(35-29-33(31-14-6-3-7-15-31)28-34(30-35)32-16-8-4-9-17-32)48-46(49-45(40)47)51-42-21-13-12-20-37(42)38-22-23-41-39(44(38)51)25-27-50(41)36-18-10-5-11-19-36/h3-30H,1-2H3. The lowest BCUT2D eigenvalue weighted by atomic mass is 9.90. The summed E-state index contributed by atoms with van der Waals surface area (Å²) in [4.78, 5) is 11.0. The molecular weight excluding hydrogens is 621 g/mol. The SMILES string of the molecule is CC1(C)C=Cc2c(-c3cc(-c4ccccc4)cc(-c4ccccc4)c3)nc(-n3c4ccccc4c4ccc5c(ccn5-c5ccccc5)c43)nc21. The number of hydrogen-bond donors (Lipinski definition) is 0. The van der Waals surface area contributed by atoms with Crippen molar-refractivity contribution in [1.29, 1.82) is 0 Å². The number of benzene rings is 6. The molecule has 0 aliphatic heterocycles. The van der Waals surface area contributed by atoms with E-state index in [4.69, 9.17) is 9.97 Å². The Kier molecular flexibility index (Phi) is 6.49. The van der Waals surface area contributed by atoms with Crippen LogP contribution in [0, 0.1) is 0 Å².